The summed E-state index contributed by atoms with van der Waals surface area (Å²) < 4.78 is 8.00. The molecule has 9 aromatic rings. The fourth-order valence-electron chi connectivity index (χ4n) is 6.32. The molecule has 0 aliphatic heterocycles. The second-order valence-corrected chi connectivity index (χ2v) is 11.3. The SMILES string of the molecule is c1ccc(-c2nc(-c3ccccc3)nc(-c3cc(-c4ccc5occc5c4)cc(-n4c5ccccc5c5ccccc54)c3)n2)cc1. The highest BCUT2D eigenvalue weighted by Crippen LogP contribution is 2.36. The number of hydrogen-bond donors (Lipinski definition) is 0. The van der Waals surface area contributed by atoms with E-state index in [2.05, 4.69) is 83.4 Å². The number of benzene rings is 6. The van der Waals surface area contributed by atoms with Gasteiger partial charge in [0.05, 0.1) is 17.3 Å². The molecule has 0 bridgehead atoms. The normalized spacial score (nSPS) is 11.5. The zero-order valence-electron chi connectivity index (χ0n) is 24.7. The molecule has 0 N–H and O–H groups in total. The average Bonchev–Trinajstić information content (AvgIpc) is 3.74. The van der Waals surface area contributed by atoms with Gasteiger partial charge in [-0.3, -0.25) is 0 Å². The summed E-state index contributed by atoms with van der Waals surface area (Å²) in [7, 11) is 0. The minimum absolute atomic E-state index is 0.612. The monoisotopic (exact) mass is 590 g/mol. The van der Waals surface area contributed by atoms with Crippen LogP contribution in [0.4, 0.5) is 0 Å². The van der Waals surface area contributed by atoms with E-state index in [1.165, 1.54) is 10.8 Å². The van der Waals surface area contributed by atoms with Crippen LogP contribution in [0, 0.1) is 0 Å². The zero-order chi connectivity index (χ0) is 30.5. The van der Waals surface area contributed by atoms with Crippen molar-refractivity contribution in [3.8, 4) is 51.0 Å². The summed E-state index contributed by atoms with van der Waals surface area (Å²) in [6, 6.07) is 52.3. The van der Waals surface area contributed by atoms with Crippen LogP contribution in [0.25, 0.3) is 83.8 Å². The molecule has 0 saturated heterocycles. The van der Waals surface area contributed by atoms with E-state index in [0.717, 1.165) is 55.5 Å². The zero-order valence-corrected chi connectivity index (χ0v) is 24.7. The van der Waals surface area contributed by atoms with Crippen LogP contribution in [0.15, 0.2) is 162 Å². The summed E-state index contributed by atoms with van der Waals surface area (Å²) in [5.41, 5.74) is 9.09. The van der Waals surface area contributed by atoms with Gasteiger partial charge < -0.3 is 8.98 Å². The van der Waals surface area contributed by atoms with E-state index >= 15 is 0 Å². The van der Waals surface area contributed by atoms with Crippen molar-refractivity contribution >= 4 is 32.8 Å². The molecule has 46 heavy (non-hydrogen) atoms. The van der Waals surface area contributed by atoms with E-state index in [4.69, 9.17) is 19.4 Å². The van der Waals surface area contributed by atoms with Gasteiger partial charge in [0.2, 0.25) is 0 Å². The number of para-hydroxylation sites is 2. The number of furan rings is 1. The highest BCUT2D eigenvalue weighted by atomic mass is 16.3. The van der Waals surface area contributed by atoms with Crippen molar-refractivity contribution in [2.45, 2.75) is 0 Å². The number of fused-ring (bicyclic) bond motifs is 4. The van der Waals surface area contributed by atoms with Gasteiger partial charge in [-0.05, 0) is 59.7 Å². The Morgan fingerprint density at radius 2 is 0.957 bits per heavy atom. The summed E-state index contributed by atoms with van der Waals surface area (Å²) in [4.78, 5) is 15.1. The van der Waals surface area contributed by atoms with Crippen LogP contribution in [-0.2, 0) is 0 Å². The molecule has 9 rings (SSSR count). The third kappa shape index (κ3) is 4.45. The smallest absolute Gasteiger partial charge is 0.164 e. The molecule has 0 saturated carbocycles. The molecule has 5 nitrogen and oxygen atoms in total. The molecule has 0 unspecified atom stereocenters. The second-order valence-electron chi connectivity index (χ2n) is 11.3. The third-order valence-corrected chi connectivity index (χ3v) is 8.50. The first-order valence-corrected chi connectivity index (χ1v) is 15.3. The van der Waals surface area contributed by atoms with Gasteiger partial charge >= 0.3 is 0 Å². The molecule has 0 amide bonds. The summed E-state index contributed by atoms with van der Waals surface area (Å²) in [5.74, 6) is 1.88. The minimum Gasteiger partial charge on any atom is -0.464 e. The number of aromatic nitrogens is 4. The summed E-state index contributed by atoms with van der Waals surface area (Å²) in [6.07, 6.45) is 1.73. The maximum absolute atomic E-state index is 5.66. The predicted octanol–water partition coefficient (Wildman–Crippen LogP) is 10.4. The molecule has 216 valence electrons. The van der Waals surface area contributed by atoms with Crippen molar-refractivity contribution in [3.05, 3.63) is 158 Å². The summed E-state index contributed by atoms with van der Waals surface area (Å²) in [6.45, 7) is 0. The highest BCUT2D eigenvalue weighted by molar-refractivity contribution is 6.09. The quantitative estimate of drug-likeness (QED) is 0.200. The first-order chi connectivity index (χ1) is 22.8. The molecule has 0 radical (unpaired) electrons. The van der Waals surface area contributed by atoms with Gasteiger partial charge in [0, 0.05) is 38.5 Å². The maximum Gasteiger partial charge on any atom is 0.164 e. The Morgan fingerprint density at radius 1 is 0.413 bits per heavy atom. The first kappa shape index (κ1) is 26.1. The third-order valence-electron chi connectivity index (χ3n) is 8.50. The lowest BCUT2D eigenvalue weighted by atomic mass is 10.00. The molecule has 5 heteroatoms. The maximum atomic E-state index is 5.66. The Bertz CT molecular complexity index is 2420. The van der Waals surface area contributed by atoms with Crippen molar-refractivity contribution in [2.75, 3.05) is 0 Å². The van der Waals surface area contributed by atoms with Crippen molar-refractivity contribution < 1.29 is 4.42 Å². The largest absolute Gasteiger partial charge is 0.464 e. The highest BCUT2D eigenvalue weighted by Gasteiger charge is 2.17. The van der Waals surface area contributed by atoms with Gasteiger partial charge in [-0.2, -0.15) is 0 Å². The Kier molecular flexibility index (Phi) is 6.06. The van der Waals surface area contributed by atoms with Gasteiger partial charge in [-0.1, -0.05) is 103 Å². The molecule has 0 aliphatic carbocycles. The van der Waals surface area contributed by atoms with E-state index in [9.17, 15) is 0 Å². The van der Waals surface area contributed by atoms with Crippen LogP contribution in [0.3, 0.4) is 0 Å². The van der Waals surface area contributed by atoms with Crippen LogP contribution in [-0.4, -0.2) is 19.5 Å². The van der Waals surface area contributed by atoms with E-state index in [-0.39, 0.29) is 0 Å². The summed E-state index contributed by atoms with van der Waals surface area (Å²) >= 11 is 0. The van der Waals surface area contributed by atoms with Crippen molar-refractivity contribution in [2.24, 2.45) is 0 Å². The molecular weight excluding hydrogens is 564 g/mol. The van der Waals surface area contributed by atoms with Crippen LogP contribution in [0.2, 0.25) is 0 Å². The Hall–Kier alpha value is -6.33. The van der Waals surface area contributed by atoms with Crippen molar-refractivity contribution in [3.63, 3.8) is 0 Å². The fraction of sp³-hybridized carbons (Fsp3) is 0. The molecule has 0 spiro atoms. The molecule has 0 atom stereocenters. The van der Waals surface area contributed by atoms with Gasteiger partial charge in [0.25, 0.3) is 0 Å². The van der Waals surface area contributed by atoms with E-state index in [1.54, 1.807) is 6.26 Å². The van der Waals surface area contributed by atoms with Gasteiger partial charge in [-0.15, -0.1) is 0 Å². The standard InChI is InChI=1S/C41H26N4O/c1-3-11-27(12-4-1)39-42-40(28-13-5-2-6-14-28)44-41(43-39)32-24-31(29-19-20-38-30(23-29)21-22-46-38)25-33(26-32)45-36-17-9-7-15-34(36)35-16-8-10-18-37(35)45/h1-26H. The average molecular weight is 591 g/mol. The molecule has 0 fully saturated rings. The van der Waals surface area contributed by atoms with Gasteiger partial charge in [0.1, 0.15) is 5.58 Å². The van der Waals surface area contributed by atoms with Crippen molar-refractivity contribution in [1.29, 1.82) is 0 Å². The Morgan fingerprint density at radius 3 is 1.59 bits per heavy atom. The lowest BCUT2D eigenvalue weighted by Gasteiger charge is -2.14. The van der Waals surface area contributed by atoms with Crippen LogP contribution in [0.1, 0.15) is 0 Å². The van der Waals surface area contributed by atoms with Gasteiger partial charge in [0.15, 0.2) is 17.5 Å². The number of rotatable bonds is 5. The van der Waals surface area contributed by atoms with Crippen molar-refractivity contribution in [1.82, 2.24) is 19.5 Å². The van der Waals surface area contributed by atoms with Gasteiger partial charge in [-0.25, -0.2) is 15.0 Å². The van der Waals surface area contributed by atoms with Crippen LogP contribution in [0.5, 0.6) is 0 Å². The lowest BCUT2D eigenvalue weighted by molar-refractivity contribution is 0.616. The van der Waals surface area contributed by atoms with E-state index in [1.807, 2.05) is 72.8 Å². The van der Waals surface area contributed by atoms with E-state index < -0.39 is 0 Å². The van der Waals surface area contributed by atoms with E-state index in [0.29, 0.717) is 17.5 Å². The first-order valence-electron chi connectivity index (χ1n) is 15.3. The predicted molar refractivity (Wildman–Crippen MR) is 186 cm³/mol. The Balaban J connectivity index is 1.33. The molecular formula is C41H26N4O. The van der Waals surface area contributed by atoms with Crippen LogP contribution >= 0.6 is 0 Å². The Labute approximate surface area is 265 Å². The number of nitrogens with zero attached hydrogens (tertiary/aromatic N) is 4. The molecule has 3 heterocycles. The number of hydrogen-bond acceptors (Lipinski definition) is 4. The summed E-state index contributed by atoms with van der Waals surface area (Å²) in [5, 5.41) is 3.48. The molecule has 0 aliphatic rings. The molecule has 3 aromatic heterocycles. The second kappa shape index (κ2) is 10.7. The fourth-order valence-corrected chi connectivity index (χ4v) is 6.32. The van der Waals surface area contributed by atoms with Crippen LogP contribution < -0.4 is 0 Å². The molecule has 6 aromatic carbocycles. The minimum atomic E-state index is 0.612. The lowest BCUT2D eigenvalue weighted by Crippen LogP contribution is -2.01. The topological polar surface area (TPSA) is 56.7 Å².